The molecule has 1 N–H and O–H groups in total. The van der Waals surface area contributed by atoms with Crippen LogP contribution in [0.3, 0.4) is 0 Å². The summed E-state index contributed by atoms with van der Waals surface area (Å²) in [6.45, 7) is 2.27. The third kappa shape index (κ3) is 4.83. The quantitative estimate of drug-likeness (QED) is 0.387. The van der Waals surface area contributed by atoms with Crippen LogP contribution in [0.5, 0.6) is 17.4 Å². The van der Waals surface area contributed by atoms with E-state index < -0.39 is 16.0 Å². The van der Waals surface area contributed by atoms with Gasteiger partial charge in [-0.3, -0.25) is 4.79 Å². The van der Waals surface area contributed by atoms with E-state index in [0.717, 1.165) is 0 Å². The van der Waals surface area contributed by atoms with Crippen LogP contribution in [0.1, 0.15) is 18.9 Å². The zero-order valence-electron chi connectivity index (χ0n) is 17.8. The van der Waals surface area contributed by atoms with Crippen molar-refractivity contribution in [3.63, 3.8) is 0 Å². The number of aromatic nitrogens is 2. The molecule has 0 saturated carbocycles. The van der Waals surface area contributed by atoms with Crippen molar-refractivity contribution >= 4 is 26.9 Å². The Kier molecular flexibility index (Phi) is 6.32. The second kappa shape index (κ2) is 9.33. The van der Waals surface area contributed by atoms with Crippen molar-refractivity contribution in [2.75, 3.05) is 6.61 Å². The smallest absolute Gasteiger partial charge is 0.303 e. The minimum Gasteiger partial charge on any atom is -0.494 e. The maximum Gasteiger partial charge on any atom is 0.303 e. The van der Waals surface area contributed by atoms with Gasteiger partial charge in [-0.1, -0.05) is 6.07 Å². The summed E-state index contributed by atoms with van der Waals surface area (Å²) in [7, 11) is -3.96. The molecular formula is C24H22N2O6S. The van der Waals surface area contributed by atoms with E-state index in [1.54, 1.807) is 54.7 Å². The van der Waals surface area contributed by atoms with Gasteiger partial charge in [0.05, 0.1) is 17.0 Å². The summed E-state index contributed by atoms with van der Waals surface area (Å²) in [4.78, 5) is 15.2. The topological polar surface area (TPSA) is 108 Å². The molecule has 2 heterocycles. The first-order chi connectivity index (χ1) is 15.9. The molecule has 0 radical (unpaired) electrons. The number of hydrogen-bond acceptors (Lipinski definition) is 6. The van der Waals surface area contributed by atoms with E-state index in [1.165, 1.54) is 22.3 Å². The Balaban J connectivity index is 1.72. The third-order valence-electron chi connectivity index (χ3n) is 4.99. The van der Waals surface area contributed by atoms with Crippen LogP contribution in [-0.4, -0.2) is 35.1 Å². The number of hydrogen-bond donors (Lipinski definition) is 1. The molecule has 0 saturated heterocycles. The molecule has 4 rings (SSSR count). The van der Waals surface area contributed by atoms with E-state index in [2.05, 4.69) is 4.98 Å². The van der Waals surface area contributed by atoms with Crippen LogP contribution in [0.25, 0.3) is 10.9 Å². The van der Waals surface area contributed by atoms with Crippen LogP contribution in [0, 0.1) is 0 Å². The summed E-state index contributed by atoms with van der Waals surface area (Å²) in [6.07, 6.45) is 3.19. The molecular weight excluding hydrogens is 444 g/mol. The summed E-state index contributed by atoms with van der Waals surface area (Å²) < 4.78 is 39.3. The lowest BCUT2D eigenvalue weighted by molar-refractivity contribution is -0.136. The molecule has 0 aliphatic rings. The summed E-state index contributed by atoms with van der Waals surface area (Å²) >= 11 is 0. The van der Waals surface area contributed by atoms with Gasteiger partial charge in [-0.15, -0.1) is 0 Å². The standard InChI is InChI=1S/C24H22N2O6S/c1-2-31-19-9-12-21-17(6-13-24(27)28)16-26(22(21)15-19)33(29,30)20-10-7-18(8-11-20)32-23-5-3-4-14-25-23/h3-5,7-12,14-16H,2,6,13H2,1H3,(H,27,28). The van der Waals surface area contributed by atoms with Crippen LogP contribution in [0.2, 0.25) is 0 Å². The molecule has 0 aliphatic heterocycles. The molecule has 0 atom stereocenters. The molecule has 2 aromatic carbocycles. The van der Waals surface area contributed by atoms with E-state index in [1.807, 2.05) is 6.92 Å². The predicted molar refractivity (Wildman–Crippen MR) is 122 cm³/mol. The Hall–Kier alpha value is -3.85. The Bertz CT molecular complexity index is 1380. The van der Waals surface area contributed by atoms with E-state index in [0.29, 0.717) is 40.5 Å². The Morgan fingerprint density at radius 1 is 1.06 bits per heavy atom. The lowest BCUT2D eigenvalue weighted by Gasteiger charge is -2.10. The lowest BCUT2D eigenvalue weighted by atomic mass is 10.1. The second-order valence-electron chi connectivity index (χ2n) is 7.20. The number of benzene rings is 2. The lowest BCUT2D eigenvalue weighted by Crippen LogP contribution is -2.12. The van der Waals surface area contributed by atoms with Gasteiger partial charge in [0.1, 0.15) is 11.5 Å². The zero-order chi connectivity index (χ0) is 23.4. The minimum atomic E-state index is -3.96. The van der Waals surface area contributed by atoms with Gasteiger partial charge >= 0.3 is 5.97 Å². The Morgan fingerprint density at radius 2 is 1.82 bits per heavy atom. The van der Waals surface area contributed by atoms with Crippen molar-refractivity contribution in [2.24, 2.45) is 0 Å². The normalized spacial score (nSPS) is 11.4. The van der Waals surface area contributed by atoms with Crippen LogP contribution >= 0.6 is 0 Å². The molecule has 0 bridgehead atoms. The number of aryl methyl sites for hydroxylation is 1. The monoisotopic (exact) mass is 466 g/mol. The van der Waals surface area contributed by atoms with Crippen LogP contribution in [0.15, 0.2) is 78.0 Å². The van der Waals surface area contributed by atoms with Gasteiger partial charge in [0.2, 0.25) is 5.88 Å². The summed E-state index contributed by atoms with van der Waals surface area (Å²) in [5, 5.41) is 9.74. The first kappa shape index (κ1) is 22.3. The highest BCUT2D eigenvalue weighted by Crippen LogP contribution is 2.31. The fourth-order valence-corrected chi connectivity index (χ4v) is 4.85. The summed E-state index contributed by atoms with van der Waals surface area (Å²) in [6, 6.07) is 16.5. The van der Waals surface area contributed by atoms with Crippen molar-refractivity contribution in [3.8, 4) is 17.4 Å². The Labute approximate surface area is 191 Å². The van der Waals surface area contributed by atoms with Crippen LogP contribution in [-0.2, 0) is 21.2 Å². The maximum atomic E-state index is 13.5. The predicted octanol–water partition coefficient (Wildman–Crippen LogP) is 4.48. The molecule has 2 aromatic heterocycles. The molecule has 0 amide bonds. The van der Waals surface area contributed by atoms with Crippen LogP contribution < -0.4 is 9.47 Å². The molecule has 170 valence electrons. The van der Waals surface area contributed by atoms with Crippen molar-refractivity contribution in [3.05, 3.63) is 78.6 Å². The van der Waals surface area contributed by atoms with E-state index >= 15 is 0 Å². The molecule has 0 aliphatic carbocycles. The maximum absolute atomic E-state index is 13.5. The minimum absolute atomic E-state index is 0.0689. The fourth-order valence-electron chi connectivity index (χ4n) is 3.46. The second-order valence-corrected chi connectivity index (χ2v) is 9.02. The number of rotatable bonds is 9. The average molecular weight is 467 g/mol. The molecule has 4 aromatic rings. The number of carboxylic acid groups (broad SMARTS) is 1. The van der Waals surface area contributed by atoms with E-state index in [9.17, 15) is 13.2 Å². The SMILES string of the molecule is CCOc1ccc2c(CCC(=O)O)cn(S(=O)(=O)c3ccc(Oc4ccccn4)cc3)c2c1. The number of nitrogens with zero attached hydrogens (tertiary/aromatic N) is 2. The molecule has 0 spiro atoms. The summed E-state index contributed by atoms with van der Waals surface area (Å²) in [5.74, 6) is 0.429. The first-order valence-corrected chi connectivity index (χ1v) is 11.8. The van der Waals surface area contributed by atoms with Gasteiger partial charge in [-0.25, -0.2) is 17.4 Å². The highest BCUT2D eigenvalue weighted by molar-refractivity contribution is 7.90. The third-order valence-corrected chi connectivity index (χ3v) is 6.67. The van der Waals surface area contributed by atoms with Gasteiger partial charge in [0.25, 0.3) is 10.0 Å². The van der Waals surface area contributed by atoms with Crippen molar-refractivity contribution in [2.45, 2.75) is 24.7 Å². The molecule has 0 unspecified atom stereocenters. The zero-order valence-corrected chi connectivity index (χ0v) is 18.7. The van der Waals surface area contributed by atoms with Crippen molar-refractivity contribution in [1.82, 2.24) is 8.96 Å². The molecule has 33 heavy (non-hydrogen) atoms. The first-order valence-electron chi connectivity index (χ1n) is 10.3. The highest BCUT2D eigenvalue weighted by Gasteiger charge is 2.22. The number of carbonyl (C=O) groups is 1. The molecule has 8 nitrogen and oxygen atoms in total. The Morgan fingerprint density at radius 3 is 2.48 bits per heavy atom. The number of ether oxygens (including phenoxy) is 2. The number of carboxylic acids is 1. The van der Waals surface area contributed by atoms with Crippen molar-refractivity contribution < 1.29 is 27.8 Å². The van der Waals surface area contributed by atoms with Gasteiger partial charge in [-0.05, 0) is 61.4 Å². The van der Waals surface area contributed by atoms with E-state index in [-0.39, 0.29) is 17.7 Å². The van der Waals surface area contributed by atoms with Crippen molar-refractivity contribution in [1.29, 1.82) is 0 Å². The largest absolute Gasteiger partial charge is 0.494 e. The number of fused-ring (bicyclic) bond motifs is 1. The molecule has 0 fully saturated rings. The number of pyridine rings is 1. The highest BCUT2D eigenvalue weighted by atomic mass is 32.2. The number of aliphatic carboxylic acids is 1. The summed E-state index contributed by atoms with van der Waals surface area (Å²) in [5.41, 5.74) is 1.06. The van der Waals surface area contributed by atoms with Gasteiger partial charge in [0.15, 0.2) is 0 Å². The van der Waals surface area contributed by atoms with Crippen LogP contribution in [0.4, 0.5) is 0 Å². The molecule has 9 heteroatoms. The van der Waals surface area contributed by atoms with Gasteiger partial charge in [-0.2, -0.15) is 0 Å². The van der Waals surface area contributed by atoms with Gasteiger partial charge in [0, 0.05) is 36.3 Å². The van der Waals surface area contributed by atoms with Gasteiger partial charge < -0.3 is 14.6 Å². The average Bonchev–Trinajstić information content (AvgIpc) is 3.18. The fraction of sp³-hybridized carbons (Fsp3) is 0.167. The van der Waals surface area contributed by atoms with E-state index in [4.69, 9.17) is 14.6 Å².